The summed E-state index contributed by atoms with van der Waals surface area (Å²) in [5.41, 5.74) is 1.27. The lowest BCUT2D eigenvalue weighted by atomic mass is 9.79. The van der Waals surface area contributed by atoms with E-state index in [0.717, 1.165) is 13.1 Å². The first kappa shape index (κ1) is 12.5. The van der Waals surface area contributed by atoms with Crippen LogP contribution in [0.4, 0.5) is 0 Å². The van der Waals surface area contributed by atoms with Crippen molar-refractivity contribution in [3.63, 3.8) is 0 Å². The average molecular weight is 234 g/mol. The number of pyridine rings is 1. The van der Waals surface area contributed by atoms with Gasteiger partial charge in [-0.1, -0.05) is 12.8 Å². The summed E-state index contributed by atoms with van der Waals surface area (Å²) in [6.07, 6.45) is 8.71. The molecule has 0 saturated heterocycles. The average Bonchev–Trinajstić information content (AvgIpc) is 2.40. The standard InChI is InChI=1S/C14H22N2O/c17-11-14-4-2-1-3-13(14)10-16-9-12-5-7-15-8-6-12/h5-8,13-14,16-17H,1-4,9-11H2. The van der Waals surface area contributed by atoms with Crippen LogP contribution in [-0.2, 0) is 6.54 Å². The van der Waals surface area contributed by atoms with Crippen molar-refractivity contribution in [3.8, 4) is 0 Å². The van der Waals surface area contributed by atoms with Gasteiger partial charge in [-0.25, -0.2) is 0 Å². The molecule has 1 aromatic rings. The highest BCUT2D eigenvalue weighted by molar-refractivity contribution is 5.08. The van der Waals surface area contributed by atoms with Crippen LogP contribution in [0.1, 0.15) is 31.2 Å². The summed E-state index contributed by atoms with van der Waals surface area (Å²) in [4.78, 5) is 4.01. The van der Waals surface area contributed by atoms with Gasteiger partial charge in [-0.3, -0.25) is 4.98 Å². The molecule has 2 unspecified atom stereocenters. The highest BCUT2D eigenvalue weighted by Gasteiger charge is 2.23. The van der Waals surface area contributed by atoms with Crippen molar-refractivity contribution in [2.24, 2.45) is 11.8 Å². The van der Waals surface area contributed by atoms with E-state index in [4.69, 9.17) is 0 Å². The van der Waals surface area contributed by atoms with Crippen LogP contribution < -0.4 is 5.32 Å². The van der Waals surface area contributed by atoms with Gasteiger partial charge in [0.15, 0.2) is 0 Å². The predicted molar refractivity (Wildman–Crippen MR) is 68.5 cm³/mol. The topological polar surface area (TPSA) is 45.1 Å². The van der Waals surface area contributed by atoms with Gasteiger partial charge in [0.25, 0.3) is 0 Å². The summed E-state index contributed by atoms with van der Waals surface area (Å²) >= 11 is 0. The Hall–Kier alpha value is -0.930. The van der Waals surface area contributed by atoms with Gasteiger partial charge in [0.2, 0.25) is 0 Å². The van der Waals surface area contributed by atoms with Gasteiger partial charge < -0.3 is 10.4 Å². The zero-order valence-corrected chi connectivity index (χ0v) is 10.3. The molecule has 1 fully saturated rings. The van der Waals surface area contributed by atoms with Crippen molar-refractivity contribution in [2.75, 3.05) is 13.2 Å². The molecule has 1 saturated carbocycles. The second kappa shape index (κ2) is 6.72. The van der Waals surface area contributed by atoms with Crippen molar-refractivity contribution in [3.05, 3.63) is 30.1 Å². The van der Waals surface area contributed by atoms with Crippen LogP contribution in [0.5, 0.6) is 0 Å². The van der Waals surface area contributed by atoms with Crippen LogP contribution in [0.2, 0.25) is 0 Å². The molecule has 1 heterocycles. The lowest BCUT2D eigenvalue weighted by Gasteiger charge is -2.30. The minimum absolute atomic E-state index is 0.349. The molecule has 17 heavy (non-hydrogen) atoms. The number of hydrogen-bond acceptors (Lipinski definition) is 3. The number of aliphatic hydroxyl groups is 1. The van der Waals surface area contributed by atoms with Crippen molar-refractivity contribution in [1.29, 1.82) is 0 Å². The summed E-state index contributed by atoms with van der Waals surface area (Å²) in [6, 6.07) is 4.08. The van der Waals surface area contributed by atoms with Crippen LogP contribution in [0, 0.1) is 11.8 Å². The Morgan fingerprint density at radius 3 is 2.59 bits per heavy atom. The van der Waals surface area contributed by atoms with E-state index < -0.39 is 0 Å². The second-order valence-corrected chi connectivity index (χ2v) is 4.97. The van der Waals surface area contributed by atoms with E-state index in [-0.39, 0.29) is 0 Å². The van der Waals surface area contributed by atoms with Crippen molar-refractivity contribution >= 4 is 0 Å². The fourth-order valence-corrected chi connectivity index (χ4v) is 2.70. The largest absolute Gasteiger partial charge is 0.396 e. The Labute approximate surface area is 103 Å². The summed E-state index contributed by atoms with van der Waals surface area (Å²) in [7, 11) is 0. The summed E-state index contributed by atoms with van der Waals surface area (Å²) in [6.45, 7) is 2.27. The Morgan fingerprint density at radius 2 is 1.88 bits per heavy atom. The van der Waals surface area contributed by atoms with Crippen molar-refractivity contribution < 1.29 is 5.11 Å². The van der Waals surface area contributed by atoms with Crippen LogP contribution in [-0.4, -0.2) is 23.2 Å². The number of aromatic nitrogens is 1. The Morgan fingerprint density at radius 1 is 1.18 bits per heavy atom. The van der Waals surface area contributed by atoms with Gasteiger partial charge >= 0.3 is 0 Å². The number of hydrogen-bond donors (Lipinski definition) is 2. The molecule has 0 aliphatic heterocycles. The fourth-order valence-electron chi connectivity index (χ4n) is 2.70. The molecule has 3 nitrogen and oxygen atoms in total. The van der Waals surface area contributed by atoms with E-state index in [1.807, 2.05) is 24.5 Å². The minimum atomic E-state index is 0.349. The number of nitrogens with one attached hydrogen (secondary N) is 1. The van der Waals surface area contributed by atoms with Gasteiger partial charge in [-0.2, -0.15) is 0 Å². The SMILES string of the molecule is OCC1CCCCC1CNCc1ccncc1. The Balaban J connectivity index is 1.74. The first-order valence-electron chi connectivity index (χ1n) is 6.60. The molecule has 0 aromatic carbocycles. The third kappa shape index (κ3) is 3.79. The van der Waals surface area contributed by atoms with Crippen LogP contribution in [0.15, 0.2) is 24.5 Å². The first-order chi connectivity index (χ1) is 8.40. The smallest absolute Gasteiger partial charge is 0.0462 e. The molecule has 1 aliphatic rings. The van der Waals surface area contributed by atoms with E-state index >= 15 is 0 Å². The molecule has 2 atom stereocenters. The molecule has 2 rings (SSSR count). The number of aliphatic hydroxyl groups excluding tert-OH is 1. The maximum atomic E-state index is 9.34. The Kier molecular flexibility index (Phi) is 4.95. The minimum Gasteiger partial charge on any atom is -0.396 e. The molecule has 3 heteroatoms. The summed E-state index contributed by atoms with van der Waals surface area (Å²) in [5, 5.41) is 12.8. The lowest BCUT2D eigenvalue weighted by Crippen LogP contribution is -2.32. The quantitative estimate of drug-likeness (QED) is 0.818. The van der Waals surface area contributed by atoms with Gasteiger partial charge in [-0.05, 0) is 48.9 Å². The second-order valence-electron chi connectivity index (χ2n) is 4.97. The molecule has 2 N–H and O–H groups in total. The molecule has 0 amide bonds. The third-order valence-electron chi connectivity index (χ3n) is 3.79. The zero-order chi connectivity index (χ0) is 11.9. The van der Waals surface area contributed by atoms with Crippen molar-refractivity contribution in [1.82, 2.24) is 10.3 Å². The van der Waals surface area contributed by atoms with Crippen molar-refractivity contribution in [2.45, 2.75) is 32.2 Å². The van der Waals surface area contributed by atoms with E-state index in [2.05, 4.69) is 10.3 Å². The third-order valence-corrected chi connectivity index (χ3v) is 3.79. The van der Waals surface area contributed by atoms with Crippen LogP contribution in [0.3, 0.4) is 0 Å². The van der Waals surface area contributed by atoms with Crippen LogP contribution in [0.25, 0.3) is 0 Å². The fraction of sp³-hybridized carbons (Fsp3) is 0.643. The molecule has 0 radical (unpaired) electrons. The van der Waals surface area contributed by atoms with E-state index in [0.29, 0.717) is 18.4 Å². The van der Waals surface area contributed by atoms with Gasteiger partial charge in [0.05, 0.1) is 0 Å². The monoisotopic (exact) mass is 234 g/mol. The van der Waals surface area contributed by atoms with Gasteiger partial charge in [0.1, 0.15) is 0 Å². The zero-order valence-electron chi connectivity index (χ0n) is 10.3. The highest BCUT2D eigenvalue weighted by Crippen LogP contribution is 2.29. The molecule has 0 bridgehead atoms. The molecule has 1 aliphatic carbocycles. The predicted octanol–water partition coefficient (Wildman–Crippen LogP) is 1.97. The highest BCUT2D eigenvalue weighted by atomic mass is 16.3. The summed E-state index contributed by atoms with van der Waals surface area (Å²) < 4.78 is 0. The maximum absolute atomic E-state index is 9.34. The normalized spacial score (nSPS) is 24.8. The maximum Gasteiger partial charge on any atom is 0.0462 e. The first-order valence-corrected chi connectivity index (χ1v) is 6.60. The van der Waals surface area contributed by atoms with Gasteiger partial charge in [0, 0.05) is 25.5 Å². The van der Waals surface area contributed by atoms with E-state index in [1.54, 1.807) is 0 Å². The van der Waals surface area contributed by atoms with E-state index in [9.17, 15) is 5.11 Å². The molecule has 1 aromatic heterocycles. The molecule has 0 spiro atoms. The Bertz CT molecular complexity index is 315. The van der Waals surface area contributed by atoms with Crippen LogP contribution >= 0.6 is 0 Å². The van der Waals surface area contributed by atoms with E-state index in [1.165, 1.54) is 31.2 Å². The molecular weight excluding hydrogens is 212 g/mol. The summed E-state index contributed by atoms with van der Waals surface area (Å²) in [5.74, 6) is 1.16. The molecule has 94 valence electrons. The lowest BCUT2D eigenvalue weighted by molar-refractivity contribution is 0.133. The number of rotatable bonds is 5. The number of nitrogens with zero attached hydrogens (tertiary/aromatic N) is 1. The van der Waals surface area contributed by atoms with Gasteiger partial charge in [-0.15, -0.1) is 0 Å². The molecular formula is C14H22N2O.